The van der Waals surface area contributed by atoms with Crippen LogP contribution in [0, 0.1) is 5.92 Å². The number of benzene rings is 1. The van der Waals surface area contributed by atoms with E-state index in [-0.39, 0.29) is 28.7 Å². The number of rotatable bonds is 5. The molecule has 4 N–H and O–H groups in total. The van der Waals surface area contributed by atoms with E-state index < -0.39 is 10.0 Å². The highest BCUT2D eigenvalue weighted by Crippen LogP contribution is 2.20. The van der Waals surface area contributed by atoms with Crippen LogP contribution in [-0.2, 0) is 19.6 Å². The van der Waals surface area contributed by atoms with E-state index in [1.807, 2.05) is 4.90 Å². The summed E-state index contributed by atoms with van der Waals surface area (Å²) in [5.74, 6) is -0.204. The summed E-state index contributed by atoms with van der Waals surface area (Å²) in [6.07, 6.45) is 1.41. The van der Waals surface area contributed by atoms with Crippen LogP contribution >= 0.6 is 0 Å². The predicted molar refractivity (Wildman–Crippen MR) is 94.3 cm³/mol. The summed E-state index contributed by atoms with van der Waals surface area (Å²) < 4.78 is 22.8. The quantitative estimate of drug-likeness (QED) is 0.681. The van der Waals surface area contributed by atoms with Gasteiger partial charge >= 0.3 is 0 Å². The van der Waals surface area contributed by atoms with Gasteiger partial charge in [0.25, 0.3) is 0 Å². The van der Waals surface area contributed by atoms with Crippen molar-refractivity contribution >= 4 is 27.5 Å². The Morgan fingerprint density at radius 2 is 1.92 bits per heavy atom. The highest BCUT2D eigenvalue weighted by atomic mass is 32.2. The van der Waals surface area contributed by atoms with Gasteiger partial charge in [0.15, 0.2) is 0 Å². The molecule has 2 amide bonds. The fourth-order valence-corrected chi connectivity index (χ4v) is 3.48. The third-order valence-corrected chi connectivity index (χ3v) is 5.42. The molecular formula is C16H24N4O4S. The van der Waals surface area contributed by atoms with Gasteiger partial charge in [0.05, 0.1) is 10.9 Å². The molecule has 1 unspecified atom stereocenters. The molecule has 1 fully saturated rings. The molecule has 1 aliphatic heterocycles. The van der Waals surface area contributed by atoms with Crippen LogP contribution < -0.4 is 15.8 Å². The number of primary sulfonamides is 1. The van der Waals surface area contributed by atoms with E-state index in [0.29, 0.717) is 31.6 Å². The first kappa shape index (κ1) is 19.4. The summed E-state index contributed by atoms with van der Waals surface area (Å²) in [5.41, 5.74) is 0.378. The lowest BCUT2D eigenvalue weighted by atomic mass is 9.95. The Kier molecular flexibility index (Phi) is 6.15. The fourth-order valence-electron chi connectivity index (χ4n) is 2.92. The fraction of sp³-hybridized carbons (Fsp3) is 0.500. The number of hydrogen-bond acceptors (Lipinski definition) is 5. The molecule has 0 spiro atoms. The van der Waals surface area contributed by atoms with Gasteiger partial charge in [-0.25, -0.2) is 13.6 Å². The second kappa shape index (κ2) is 7.94. The largest absolute Gasteiger partial charge is 0.359 e. The first-order valence-electron chi connectivity index (χ1n) is 8.11. The lowest BCUT2D eigenvalue weighted by Crippen LogP contribution is -2.47. The molecule has 0 aromatic heterocycles. The van der Waals surface area contributed by atoms with Crippen molar-refractivity contribution in [2.45, 2.75) is 30.7 Å². The second-order valence-electron chi connectivity index (χ2n) is 6.16. The molecule has 1 saturated heterocycles. The number of hydrogen-bond donors (Lipinski definition) is 3. The third kappa shape index (κ3) is 5.00. The van der Waals surface area contributed by atoms with Crippen molar-refractivity contribution in [1.29, 1.82) is 0 Å². The summed E-state index contributed by atoms with van der Waals surface area (Å²) >= 11 is 0. The van der Waals surface area contributed by atoms with E-state index in [9.17, 15) is 18.0 Å². The highest BCUT2D eigenvalue weighted by Gasteiger charge is 2.29. The molecular weight excluding hydrogens is 344 g/mol. The molecule has 8 nitrogen and oxygen atoms in total. The minimum atomic E-state index is -3.82. The molecule has 1 atom stereocenters. The van der Waals surface area contributed by atoms with Crippen molar-refractivity contribution in [3.63, 3.8) is 0 Å². The smallest absolute Gasteiger partial charge is 0.241 e. The van der Waals surface area contributed by atoms with Crippen LogP contribution in [0.3, 0.4) is 0 Å². The van der Waals surface area contributed by atoms with Gasteiger partial charge in [0, 0.05) is 18.7 Å². The first-order chi connectivity index (χ1) is 11.7. The predicted octanol–water partition coefficient (Wildman–Crippen LogP) is 0.119. The van der Waals surface area contributed by atoms with Crippen LogP contribution in [0.5, 0.6) is 0 Å². The van der Waals surface area contributed by atoms with Gasteiger partial charge in [-0.05, 0) is 51.1 Å². The summed E-state index contributed by atoms with van der Waals surface area (Å²) in [6, 6.07) is 5.45. The standard InChI is InChI=1S/C16H24N4O4S/c1-11(20-8-6-12(7-9-20)16(22)18-2)15(21)19-13-4-3-5-14(10-13)25(17,23)24/h3-5,10-12H,6-9H2,1-2H3,(H,18,22)(H,19,21)(H2,17,23,24). The number of amides is 2. The van der Waals surface area contributed by atoms with Crippen molar-refractivity contribution in [2.75, 3.05) is 25.5 Å². The van der Waals surface area contributed by atoms with Crippen molar-refractivity contribution in [3.05, 3.63) is 24.3 Å². The number of sulfonamides is 1. The van der Waals surface area contributed by atoms with Gasteiger partial charge in [-0.1, -0.05) is 6.07 Å². The lowest BCUT2D eigenvalue weighted by molar-refractivity contribution is -0.126. The van der Waals surface area contributed by atoms with Crippen LogP contribution in [0.2, 0.25) is 0 Å². The number of nitrogens with zero attached hydrogens (tertiary/aromatic N) is 1. The Hall–Kier alpha value is -1.97. The van der Waals surface area contributed by atoms with Crippen LogP contribution in [0.15, 0.2) is 29.2 Å². The molecule has 0 bridgehead atoms. The number of carbonyl (C=O) groups excluding carboxylic acids is 2. The molecule has 1 heterocycles. The number of likely N-dealkylation sites (tertiary alicyclic amines) is 1. The summed E-state index contributed by atoms with van der Waals surface area (Å²) in [5, 5.41) is 10.5. The van der Waals surface area contributed by atoms with Crippen LogP contribution in [0.1, 0.15) is 19.8 Å². The summed E-state index contributed by atoms with van der Waals surface area (Å²) in [7, 11) is -2.19. The molecule has 1 aromatic carbocycles. The topological polar surface area (TPSA) is 122 Å². The van der Waals surface area contributed by atoms with Crippen LogP contribution in [-0.4, -0.2) is 51.3 Å². The Balaban J connectivity index is 1.96. The molecule has 0 radical (unpaired) electrons. The normalized spacial score (nSPS) is 17.7. The molecule has 138 valence electrons. The summed E-state index contributed by atoms with van der Waals surface area (Å²) in [4.78, 5) is 26.1. The Bertz CT molecular complexity index is 742. The van der Waals surface area contributed by atoms with Gasteiger partial charge in [-0.2, -0.15) is 0 Å². The van der Waals surface area contributed by atoms with E-state index in [2.05, 4.69) is 10.6 Å². The SMILES string of the molecule is CNC(=O)C1CCN(C(C)C(=O)Nc2cccc(S(N)(=O)=O)c2)CC1. The van der Waals surface area contributed by atoms with Crippen molar-refractivity contribution < 1.29 is 18.0 Å². The van der Waals surface area contributed by atoms with E-state index >= 15 is 0 Å². The average molecular weight is 368 g/mol. The summed E-state index contributed by atoms with van der Waals surface area (Å²) in [6.45, 7) is 3.10. The van der Waals surface area contributed by atoms with E-state index in [1.165, 1.54) is 18.2 Å². The van der Waals surface area contributed by atoms with E-state index in [1.54, 1.807) is 20.0 Å². The van der Waals surface area contributed by atoms with E-state index in [4.69, 9.17) is 5.14 Å². The van der Waals surface area contributed by atoms with Gasteiger partial charge < -0.3 is 10.6 Å². The van der Waals surface area contributed by atoms with Crippen molar-refractivity contribution in [2.24, 2.45) is 11.1 Å². The molecule has 25 heavy (non-hydrogen) atoms. The average Bonchev–Trinajstić information content (AvgIpc) is 2.60. The second-order valence-corrected chi connectivity index (χ2v) is 7.72. The Morgan fingerprint density at radius 1 is 1.28 bits per heavy atom. The van der Waals surface area contributed by atoms with Gasteiger partial charge in [0.2, 0.25) is 21.8 Å². The number of anilines is 1. The maximum absolute atomic E-state index is 12.4. The molecule has 2 rings (SSSR count). The van der Waals surface area contributed by atoms with Crippen LogP contribution in [0.25, 0.3) is 0 Å². The number of piperidine rings is 1. The zero-order valence-corrected chi connectivity index (χ0v) is 15.2. The Labute approximate surface area is 147 Å². The molecule has 1 aromatic rings. The van der Waals surface area contributed by atoms with Gasteiger partial charge in [0.1, 0.15) is 0 Å². The minimum Gasteiger partial charge on any atom is -0.359 e. The molecule has 9 heteroatoms. The third-order valence-electron chi connectivity index (χ3n) is 4.50. The maximum atomic E-state index is 12.4. The Morgan fingerprint density at radius 3 is 2.48 bits per heavy atom. The van der Waals surface area contributed by atoms with Gasteiger partial charge in [-0.15, -0.1) is 0 Å². The molecule has 0 aliphatic carbocycles. The number of carbonyl (C=O) groups is 2. The lowest BCUT2D eigenvalue weighted by Gasteiger charge is -2.34. The van der Waals surface area contributed by atoms with Gasteiger partial charge in [-0.3, -0.25) is 14.5 Å². The molecule has 0 saturated carbocycles. The maximum Gasteiger partial charge on any atom is 0.241 e. The zero-order chi connectivity index (χ0) is 18.6. The highest BCUT2D eigenvalue weighted by molar-refractivity contribution is 7.89. The van der Waals surface area contributed by atoms with Crippen LogP contribution in [0.4, 0.5) is 5.69 Å². The monoisotopic (exact) mass is 368 g/mol. The van der Waals surface area contributed by atoms with E-state index in [0.717, 1.165) is 0 Å². The zero-order valence-electron chi connectivity index (χ0n) is 14.4. The van der Waals surface area contributed by atoms with Crippen molar-refractivity contribution in [1.82, 2.24) is 10.2 Å². The number of nitrogens with one attached hydrogen (secondary N) is 2. The molecule has 1 aliphatic rings. The minimum absolute atomic E-state index is 0.0112. The van der Waals surface area contributed by atoms with Crippen molar-refractivity contribution in [3.8, 4) is 0 Å². The first-order valence-corrected chi connectivity index (χ1v) is 9.66. The number of nitrogens with two attached hydrogens (primary N) is 1.